The first kappa shape index (κ1) is 20.1. The van der Waals surface area contributed by atoms with Gasteiger partial charge in [-0.2, -0.15) is 0 Å². The van der Waals surface area contributed by atoms with Gasteiger partial charge in [0.05, 0.1) is 18.4 Å². The van der Waals surface area contributed by atoms with Crippen LogP contribution in [-0.4, -0.2) is 52.3 Å². The molecule has 1 fully saturated rings. The zero-order valence-corrected chi connectivity index (χ0v) is 16.8. The van der Waals surface area contributed by atoms with Crippen LogP contribution in [0.4, 0.5) is 0 Å². The van der Waals surface area contributed by atoms with Gasteiger partial charge in [0.2, 0.25) is 0 Å². The zero-order valence-electron chi connectivity index (χ0n) is 16.8. The maximum absolute atomic E-state index is 11.2. The van der Waals surface area contributed by atoms with E-state index in [2.05, 4.69) is 37.7 Å². The number of carboxylic acid groups (broad SMARTS) is 1. The molecule has 28 heavy (non-hydrogen) atoms. The Labute approximate surface area is 165 Å². The fourth-order valence-electron chi connectivity index (χ4n) is 4.32. The molecule has 6 nitrogen and oxygen atoms in total. The Morgan fingerprint density at radius 3 is 2.82 bits per heavy atom. The van der Waals surface area contributed by atoms with E-state index in [1.807, 2.05) is 12.1 Å². The normalized spacial score (nSPS) is 25.4. The Kier molecular flexibility index (Phi) is 5.61. The number of phenolic OH excluding ortho intramolecular Hbond substituents is 1. The van der Waals surface area contributed by atoms with Crippen LogP contribution < -0.4 is 4.74 Å². The van der Waals surface area contributed by atoms with Gasteiger partial charge in [-0.15, -0.1) is 0 Å². The fourth-order valence-corrected chi connectivity index (χ4v) is 4.32. The number of likely N-dealkylation sites (tertiary alicyclic amines) is 1. The van der Waals surface area contributed by atoms with Crippen molar-refractivity contribution in [1.29, 1.82) is 0 Å². The lowest BCUT2D eigenvalue weighted by molar-refractivity contribution is 0.0307. The predicted octanol–water partition coefficient (Wildman–Crippen LogP) is 3.47. The molecule has 0 bridgehead atoms. The molecule has 0 amide bonds. The molecule has 0 spiro atoms. The third-order valence-corrected chi connectivity index (χ3v) is 6.31. The van der Waals surface area contributed by atoms with Gasteiger partial charge in [-0.3, -0.25) is 4.98 Å². The minimum Gasteiger partial charge on any atom is -0.508 e. The monoisotopic (exact) mass is 384 g/mol. The summed E-state index contributed by atoms with van der Waals surface area (Å²) in [5, 5.41) is 19.2. The summed E-state index contributed by atoms with van der Waals surface area (Å²) >= 11 is 0. The van der Waals surface area contributed by atoms with Gasteiger partial charge in [0.1, 0.15) is 11.5 Å². The number of benzene rings is 1. The number of phenols is 1. The summed E-state index contributed by atoms with van der Waals surface area (Å²) < 4.78 is 6.03. The van der Waals surface area contributed by atoms with Crippen LogP contribution in [0.1, 0.15) is 41.8 Å². The maximum atomic E-state index is 11.2. The van der Waals surface area contributed by atoms with Gasteiger partial charge in [0.15, 0.2) is 0 Å². The molecule has 0 aliphatic carbocycles. The van der Waals surface area contributed by atoms with Gasteiger partial charge in [0.25, 0.3) is 0 Å². The number of pyridine rings is 1. The molecule has 1 saturated heterocycles. The number of hydrogen-bond donors (Lipinski definition) is 2. The summed E-state index contributed by atoms with van der Waals surface area (Å²) in [7, 11) is 2.11. The molecule has 2 aromatic rings. The number of nitrogens with zero attached hydrogens (tertiary/aromatic N) is 2. The Bertz CT molecular complexity index is 869. The van der Waals surface area contributed by atoms with Crippen molar-refractivity contribution < 1.29 is 19.7 Å². The van der Waals surface area contributed by atoms with E-state index in [1.54, 1.807) is 12.3 Å². The number of aromatic nitrogens is 1. The van der Waals surface area contributed by atoms with E-state index in [9.17, 15) is 9.90 Å². The number of aromatic carboxylic acids is 1. The lowest BCUT2D eigenvalue weighted by Crippen LogP contribution is -2.54. The summed E-state index contributed by atoms with van der Waals surface area (Å²) in [5.41, 5.74) is 2.22. The molecule has 3 rings (SSSR count). The highest BCUT2D eigenvalue weighted by Gasteiger charge is 2.45. The van der Waals surface area contributed by atoms with Crippen LogP contribution in [0.2, 0.25) is 0 Å². The van der Waals surface area contributed by atoms with Crippen LogP contribution in [-0.2, 0) is 5.41 Å². The smallest absolute Gasteiger partial charge is 0.337 e. The van der Waals surface area contributed by atoms with Gasteiger partial charge in [0, 0.05) is 23.6 Å². The van der Waals surface area contributed by atoms with E-state index < -0.39 is 5.97 Å². The van der Waals surface area contributed by atoms with Gasteiger partial charge in [-0.25, -0.2) is 4.79 Å². The number of ether oxygens (including phenoxy) is 1. The van der Waals surface area contributed by atoms with E-state index in [0.29, 0.717) is 12.4 Å². The second-order valence-corrected chi connectivity index (χ2v) is 8.02. The number of carboxylic acids is 1. The highest BCUT2D eigenvalue weighted by atomic mass is 16.5. The van der Waals surface area contributed by atoms with E-state index >= 15 is 0 Å². The van der Waals surface area contributed by atoms with Crippen molar-refractivity contribution >= 4 is 5.97 Å². The molecule has 6 heteroatoms. The Morgan fingerprint density at radius 2 is 2.11 bits per heavy atom. The van der Waals surface area contributed by atoms with Gasteiger partial charge in [-0.05, 0) is 63.2 Å². The summed E-state index contributed by atoms with van der Waals surface area (Å²) in [6, 6.07) is 7.30. The Morgan fingerprint density at radius 1 is 1.36 bits per heavy atom. The Balaban J connectivity index is 1.91. The number of rotatable bonds is 5. The third kappa shape index (κ3) is 3.83. The van der Waals surface area contributed by atoms with Crippen LogP contribution >= 0.6 is 0 Å². The maximum Gasteiger partial charge on any atom is 0.337 e. The van der Waals surface area contributed by atoms with Crippen LogP contribution in [0.15, 0.2) is 36.7 Å². The van der Waals surface area contributed by atoms with Crippen molar-refractivity contribution in [2.24, 2.45) is 5.92 Å². The first-order chi connectivity index (χ1) is 13.2. The van der Waals surface area contributed by atoms with Crippen molar-refractivity contribution in [3.8, 4) is 11.5 Å². The summed E-state index contributed by atoms with van der Waals surface area (Å²) in [6.45, 7) is 7.88. The lowest BCUT2D eigenvalue weighted by Gasteiger charge is -2.50. The summed E-state index contributed by atoms with van der Waals surface area (Å²) in [4.78, 5) is 17.5. The number of hydrogen-bond acceptors (Lipinski definition) is 5. The lowest BCUT2D eigenvalue weighted by atomic mass is 9.64. The molecule has 2 heterocycles. The van der Waals surface area contributed by atoms with Crippen molar-refractivity contribution in [3.05, 3.63) is 53.3 Å². The van der Waals surface area contributed by atoms with Gasteiger partial charge < -0.3 is 19.8 Å². The van der Waals surface area contributed by atoms with Crippen molar-refractivity contribution in [1.82, 2.24) is 9.88 Å². The average molecular weight is 384 g/mol. The number of aromatic hydroxyl groups is 1. The average Bonchev–Trinajstić information content (AvgIpc) is 2.67. The largest absolute Gasteiger partial charge is 0.508 e. The topological polar surface area (TPSA) is 82.9 Å². The van der Waals surface area contributed by atoms with Crippen LogP contribution in [0.5, 0.6) is 11.5 Å². The van der Waals surface area contributed by atoms with Gasteiger partial charge >= 0.3 is 5.97 Å². The number of carbonyl (C=O) groups is 1. The second-order valence-electron chi connectivity index (χ2n) is 8.02. The first-order valence-corrected chi connectivity index (χ1v) is 9.54. The van der Waals surface area contributed by atoms with Crippen molar-refractivity contribution in [3.63, 3.8) is 0 Å². The molecule has 0 saturated carbocycles. The molecule has 1 aromatic heterocycles. The van der Waals surface area contributed by atoms with Crippen molar-refractivity contribution in [2.75, 3.05) is 20.2 Å². The van der Waals surface area contributed by atoms with Crippen molar-refractivity contribution in [2.45, 2.75) is 38.6 Å². The fraction of sp³-hybridized carbons (Fsp3) is 0.455. The zero-order chi connectivity index (χ0) is 20.5. The summed E-state index contributed by atoms with van der Waals surface area (Å²) in [5.74, 6) is -0.147. The molecular weight excluding hydrogens is 356 g/mol. The molecule has 1 aliphatic rings. The molecule has 0 radical (unpaired) electrons. The molecule has 3 atom stereocenters. The molecule has 1 aromatic carbocycles. The third-order valence-electron chi connectivity index (χ3n) is 6.31. The predicted molar refractivity (Wildman–Crippen MR) is 107 cm³/mol. The quantitative estimate of drug-likeness (QED) is 0.821. The SMILES string of the molecule is Cc1ccc(O)cc1[C@@]1(C)CCN(C)C(C)[C@@H]1COc1cncc(C(=O)O)c1. The van der Waals surface area contributed by atoms with E-state index in [0.717, 1.165) is 24.1 Å². The van der Waals surface area contributed by atoms with E-state index in [-0.39, 0.29) is 28.7 Å². The minimum atomic E-state index is -1.02. The molecule has 1 unspecified atom stereocenters. The van der Waals surface area contributed by atoms with Crippen LogP contribution in [0, 0.1) is 12.8 Å². The number of aryl methyl sites for hydroxylation is 1. The molecule has 2 N–H and O–H groups in total. The highest BCUT2D eigenvalue weighted by molar-refractivity contribution is 5.87. The molecular formula is C22H28N2O4. The van der Waals surface area contributed by atoms with Gasteiger partial charge in [-0.1, -0.05) is 13.0 Å². The standard InChI is InChI=1S/C22H28N2O4/c1-14-5-6-17(25)10-19(14)22(3)7-8-24(4)15(2)20(22)13-28-18-9-16(21(26)27)11-23-12-18/h5-6,9-12,15,20,25H,7-8,13H2,1-4H3,(H,26,27)/t15?,20-,22+/m0/s1. The molecule has 1 aliphatic heterocycles. The summed E-state index contributed by atoms with van der Waals surface area (Å²) in [6.07, 6.45) is 3.80. The number of piperidine rings is 1. The van der Waals surface area contributed by atoms with Crippen LogP contribution in [0.25, 0.3) is 0 Å². The Hall–Kier alpha value is -2.60. The highest BCUT2D eigenvalue weighted by Crippen LogP contribution is 2.44. The van der Waals surface area contributed by atoms with E-state index in [1.165, 1.54) is 12.3 Å². The molecule has 150 valence electrons. The van der Waals surface area contributed by atoms with E-state index in [4.69, 9.17) is 9.84 Å². The first-order valence-electron chi connectivity index (χ1n) is 9.54. The second kappa shape index (κ2) is 7.80. The minimum absolute atomic E-state index is 0.109. The van der Waals surface area contributed by atoms with Crippen LogP contribution in [0.3, 0.4) is 0 Å².